The zero-order valence-electron chi connectivity index (χ0n) is 21.4. The summed E-state index contributed by atoms with van der Waals surface area (Å²) >= 11 is 0.933. The summed E-state index contributed by atoms with van der Waals surface area (Å²) in [6.45, 7) is -1.19. The van der Waals surface area contributed by atoms with Crippen molar-refractivity contribution in [3.05, 3.63) is 57.2 Å². The summed E-state index contributed by atoms with van der Waals surface area (Å²) in [5.41, 5.74) is -1.82. The third-order valence-corrected chi connectivity index (χ3v) is 8.99. The van der Waals surface area contributed by atoms with Crippen LogP contribution in [0.3, 0.4) is 0 Å². The number of phosphoric ester groups is 1. The average molecular weight is 680 g/mol. The SMILES string of the molecule is O=c1cc(Sc2ccccc2)n([C@@H]2O[C@H](COP(=O)([O-])OP(=O)([O-])OP(=O)([O-])[O-])[C@@H](O)[C@H]2O)c(=O)[nH]1.[Na+].[Na+].[Na+].[Na+]. The van der Waals surface area contributed by atoms with E-state index in [-0.39, 0.29) is 123 Å². The number of ether oxygens (including phenoxy) is 1. The predicted octanol–water partition coefficient (Wildman–Crippen LogP) is -14.9. The van der Waals surface area contributed by atoms with Crippen molar-refractivity contribution in [2.45, 2.75) is 34.5 Å². The molecule has 200 valence electrons. The minimum Gasteiger partial charge on any atom is -0.790 e. The number of hydrogen-bond acceptors (Lipinski definition) is 16. The maximum Gasteiger partial charge on any atom is 1.00 e. The van der Waals surface area contributed by atoms with Crippen LogP contribution in [0.1, 0.15) is 6.23 Å². The van der Waals surface area contributed by atoms with Crippen molar-refractivity contribution in [2.75, 3.05) is 6.61 Å². The van der Waals surface area contributed by atoms with E-state index in [0.717, 1.165) is 22.4 Å². The molecule has 2 aromatic rings. The number of rotatable bonds is 10. The van der Waals surface area contributed by atoms with Gasteiger partial charge in [-0.05, 0) is 12.1 Å². The minimum atomic E-state index is -6.21. The zero-order valence-corrected chi connectivity index (χ0v) is 32.9. The largest absolute Gasteiger partial charge is 1.00 e. The Labute approximate surface area is 318 Å². The number of aromatic amines is 1. The summed E-state index contributed by atoms with van der Waals surface area (Å²) < 4.78 is 50.1. The molecule has 2 heterocycles. The fourth-order valence-corrected chi connectivity index (χ4v) is 6.79. The first-order chi connectivity index (χ1) is 16.6. The number of nitrogens with one attached hydrogen (secondary N) is 1. The van der Waals surface area contributed by atoms with Crippen LogP contribution in [0.5, 0.6) is 0 Å². The fourth-order valence-electron chi connectivity index (χ4n) is 2.94. The summed E-state index contributed by atoms with van der Waals surface area (Å²) in [5.74, 6) is 0. The van der Waals surface area contributed by atoms with Gasteiger partial charge in [0.25, 0.3) is 21.2 Å². The molecular weight excluding hydrogens is 665 g/mol. The molecule has 1 aliphatic rings. The van der Waals surface area contributed by atoms with Crippen LogP contribution >= 0.6 is 35.2 Å². The Morgan fingerprint density at radius 2 is 1.50 bits per heavy atom. The standard InChI is InChI=1S/C15H19N2O15P3S.4Na/c18-10-6-11(36-8-4-2-1-3-5-8)17(15(21)16-10)14-13(20)12(19)9(30-14)7-29-34(25,26)32-35(27,28)31-33(22,23)24;;;;/h1-6,9,12-14,19-20H,7H2,(H,25,26)(H,27,28)(H,16,18,21)(H2,22,23,24);;;;/q;4*+1/p-4/t9-,12-,13-,14-;;;;/m1..../s1. The minimum absolute atomic E-state index is 0. The smallest absolute Gasteiger partial charge is 0.790 e. The molecule has 2 unspecified atom stereocenters. The van der Waals surface area contributed by atoms with Gasteiger partial charge in [-0.3, -0.25) is 27.8 Å². The van der Waals surface area contributed by atoms with E-state index >= 15 is 0 Å². The van der Waals surface area contributed by atoms with Crippen LogP contribution < -0.4 is 149 Å². The maximum absolute atomic E-state index is 12.5. The third kappa shape index (κ3) is 13.5. The van der Waals surface area contributed by atoms with Gasteiger partial charge < -0.3 is 43.6 Å². The predicted molar refractivity (Wildman–Crippen MR) is 109 cm³/mol. The third-order valence-electron chi connectivity index (χ3n) is 4.30. The van der Waals surface area contributed by atoms with E-state index in [4.69, 9.17) is 4.74 Å². The number of benzene rings is 1. The van der Waals surface area contributed by atoms with Crippen LogP contribution in [-0.2, 0) is 31.6 Å². The summed E-state index contributed by atoms with van der Waals surface area (Å²) in [6.07, 6.45) is -7.15. The molecule has 0 aliphatic carbocycles. The Morgan fingerprint density at radius 1 is 0.925 bits per heavy atom. The first kappa shape index (κ1) is 44.7. The number of aliphatic hydroxyl groups is 2. The monoisotopic (exact) mass is 680 g/mol. The molecule has 1 aromatic heterocycles. The summed E-state index contributed by atoms with van der Waals surface area (Å²) in [6, 6.07) is 9.40. The van der Waals surface area contributed by atoms with Gasteiger partial charge in [0, 0.05) is 11.0 Å². The van der Waals surface area contributed by atoms with Crippen LogP contribution in [0.15, 0.2) is 55.9 Å². The van der Waals surface area contributed by atoms with Gasteiger partial charge in [-0.25, -0.2) is 9.11 Å². The van der Waals surface area contributed by atoms with Crippen LogP contribution in [0.4, 0.5) is 0 Å². The molecule has 1 aliphatic heterocycles. The van der Waals surface area contributed by atoms with Gasteiger partial charge in [-0.15, -0.1) is 0 Å². The van der Waals surface area contributed by atoms with Crippen molar-refractivity contribution in [3.8, 4) is 0 Å². The summed E-state index contributed by atoms with van der Waals surface area (Å²) in [5, 5.41) is 20.7. The quantitative estimate of drug-likeness (QED) is 0.119. The van der Waals surface area contributed by atoms with E-state index < -0.39 is 65.9 Å². The topological polar surface area (TPSA) is 276 Å². The molecule has 6 atom stereocenters. The Hall–Kier alpha value is 2.54. The molecule has 0 amide bonds. The molecule has 40 heavy (non-hydrogen) atoms. The number of aromatic nitrogens is 2. The summed E-state index contributed by atoms with van der Waals surface area (Å²) in [4.78, 5) is 70.6. The first-order valence-corrected chi connectivity index (χ1v) is 14.6. The van der Waals surface area contributed by atoms with E-state index in [1.807, 2.05) is 4.98 Å². The average Bonchev–Trinajstić information content (AvgIpc) is 2.98. The van der Waals surface area contributed by atoms with Gasteiger partial charge >= 0.3 is 124 Å². The van der Waals surface area contributed by atoms with E-state index in [2.05, 4.69) is 13.1 Å². The van der Waals surface area contributed by atoms with E-state index in [1.54, 1.807) is 30.3 Å². The van der Waals surface area contributed by atoms with Crippen LogP contribution in [0.25, 0.3) is 0 Å². The molecule has 3 rings (SSSR count). The number of H-pyrrole nitrogens is 1. The van der Waals surface area contributed by atoms with Crippen molar-refractivity contribution in [1.29, 1.82) is 0 Å². The van der Waals surface area contributed by atoms with Crippen molar-refractivity contribution < 1.29 is 180 Å². The molecule has 17 nitrogen and oxygen atoms in total. The molecule has 0 radical (unpaired) electrons. The van der Waals surface area contributed by atoms with Gasteiger partial charge in [-0.1, -0.05) is 30.0 Å². The molecule has 1 saturated heterocycles. The van der Waals surface area contributed by atoms with E-state index in [0.29, 0.717) is 4.90 Å². The molecule has 0 saturated carbocycles. The molecule has 1 aromatic carbocycles. The van der Waals surface area contributed by atoms with Crippen LogP contribution in [-0.4, -0.2) is 44.7 Å². The molecule has 0 spiro atoms. The van der Waals surface area contributed by atoms with E-state index in [9.17, 15) is 53.1 Å². The second-order valence-corrected chi connectivity index (χ2v) is 12.3. The van der Waals surface area contributed by atoms with Gasteiger partial charge in [0.05, 0.1) is 19.5 Å². The van der Waals surface area contributed by atoms with Gasteiger partial charge in [0.2, 0.25) is 0 Å². The van der Waals surface area contributed by atoms with Gasteiger partial charge in [0.15, 0.2) is 6.23 Å². The van der Waals surface area contributed by atoms with Crippen molar-refractivity contribution in [1.82, 2.24) is 9.55 Å². The Kier molecular flexibility index (Phi) is 20.8. The second kappa shape index (κ2) is 18.6. The molecule has 3 N–H and O–H groups in total. The molecule has 25 heteroatoms. The summed E-state index contributed by atoms with van der Waals surface area (Å²) in [7, 11) is -18.3. The normalized spacial score (nSPS) is 23.2. The Morgan fingerprint density at radius 3 is 2.05 bits per heavy atom. The first-order valence-electron chi connectivity index (χ1n) is 9.39. The fraction of sp³-hybridized carbons (Fsp3) is 0.333. The van der Waals surface area contributed by atoms with Crippen molar-refractivity contribution >= 4 is 35.2 Å². The van der Waals surface area contributed by atoms with Gasteiger partial charge in [0.1, 0.15) is 18.3 Å². The maximum atomic E-state index is 12.5. The molecule has 1 fully saturated rings. The van der Waals surface area contributed by atoms with Crippen molar-refractivity contribution in [2.24, 2.45) is 0 Å². The Bertz CT molecular complexity index is 1360. The number of phosphoric acid groups is 3. The van der Waals surface area contributed by atoms with E-state index in [1.165, 1.54) is 0 Å². The number of hydrogen-bond donors (Lipinski definition) is 3. The van der Waals surface area contributed by atoms with Gasteiger partial charge in [-0.2, -0.15) is 0 Å². The number of aliphatic hydroxyl groups excluding tert-OH is 2. The molecular formula is C15H15N2Na4O15P3S. The van der Waals surface area contributed by atoms with Crippen molar-refractivity contribution in [3.63, 3.8) is 0 Å². The van der Waals surface area contributed by atoms with Crippen LogP contribution in [0.2, 0.25) is 0 Å². The number of nitrogens with zero attached hydrogens (tertiary/aromatic N) is 1. The molecule has 0 bridgehead atoms. The Balaban J connectivity index is 0. The second-order valence-electron chi connectivity index (χ2n) is 6.91. The van der Waals surface area contributed by atoms with Crippen LogP contribution in [0, 0.1) is 0 Å². The zero-order chi connectivity index (χ0) is 26.9.